The standard InChI is InChI=1S/C15H22N2O3/c1-18-12-2-3-14-13(10-12)15(11-16,4-7-20-14)17-5-8-19-9-6-17/h2-3,10H,4-9,11,16H2,1H3. The predicted molar refractivity (Wildman–Crippen MR) is 76.2 cm³/mol. The van der Waals surface area contributed by atoms with E-state index in [0.29, 0.717) is 13.2 Å². The quantitative estimate of drug-likeness (QED) is 0.892. The van der Waals surface area contributed by atoms with Gasteiger partial charge >= 0.3 is 0 Å². The zero-order valence-corrected chi connectivity index (χ0v) is 11.9. The minimum Gasteiger partial charge on any atom is -0.497 e. The van der Waals surface area contributed by atoms with Crippen molar-refractivity contribution in [1.29, 1.82) is 0 Å². The van der Waals surface area contributed by atoms with Gasteiger partial charge in [-0.3, -0.25) is 4.90 Å². The number of nitrogens with two attached hydrogens (primary N) is 1. The van der Waals surface area contributed by atoms with Crippen LogP contribution in [-0.2, 0) is 10.3 Å². The highest BCUT2D eigenvalue weighted by molar-refractivity contribution is 5.46. The number of rotatable bonds is 3. The third kappa shape index (κ3) is 2.16. The minimum absolute atomic E-state index is 0.161. The molecule has 1 fully saturated rings. The normalized spacial score (nSPS) is 26.7. The van der Waals surface area contributed by atoms with Gasteiger partial charge in [-0.25, -0.2) is 0 Å². The molecule has 5 heteroatoms. The Morgan fingerprint density at radius 3 is 2.80 bits per heavy atom. The lowest BCUT2D eigenvalue weighted by Crippen LogP contribution is -2.57. The van der Waals surface area contributed by atoms with Gasteiger partial charge in [0.15, 0.2) is 0 Å². The first-order valence-electron chi connectivity index (χ1n) is 7.14. The Morgan fingerprint density at radius 2 is 2.10 bits per heavy atom. The Morgan fingerprint density at radius 1 is 1.30 bits per heavy atom. The van der Waals surface area contributed by atoms with Crippen LogP contribution >= 0.6 is 0 Å². The van der Waals surface area contributed by atoms with Crippen molar-refractivity contribution < 1.29 is 14.2 Å². The lowest BCUT2D eigenvalue weighted by atomic mass is 9.82. The van der Waals surface area contributed by atoms with Crippen molar-refractivity contribution in [2.75, 3.05) is 46.6 Å². The van der Waals surface area contributed by atoms with Crippen molar-refractivity contribution in [2.24, 2.45) is 5.73 Å². The predicted octanol–water partition coefficient (Wildman–Crippen LogP) is 0.964. The highest BCUT2D eigenvalue weighted by Gasteiger charge is 2.42. The summed E-state index contributed by atoms with van der Waals surface area (Å²) in [4.78, 5) is 2.44. The molecule has 1 atom stereocenters. The zero-order chi connectivity index (χ0) is 14.0. The number of nitrogens with zero attached hydrogens (tertiary/aromatic N) is 1. The summed E-state index contributed by atoms with van der Waals surface area (Å²) in [5.41, 5.74) is 7.18. The van der Waals surface area contributed by atoms with E-state index in [1.807, 2.05) is 12.1 Å². The summed E-state index contributed by atoms with van der Waals surface area (Å²) in [5, 5.41) is 0. The maximum absolute atomic E-state index is 6.20. The van der Waals surface area contributed by atoms with Gasteiger partial charge in [-0.05, 0) is 18.2 Å². The van der Waals surface area contributed by atoms with Crippen LogP contribution in [0.4, 0.5) is 0 Å². The summed E-state index contributed by atoms with van der Waals surface area (Å²) in [6, 6.07) is 5.99. The molecule has 2 aliphatic heterocycles. The molecule has 0 amide bonds. The Balaban J connectivity index is 2.03. The van der Waals surface area contributed by atoms with Crippen LogP contribution in [0, 0.1) is 0 Å². The molecular formula is C15H22N2O3. The van der Waals surface area contributed by atoms with E-state index in [9.17, 15) is 0 Å². The van der Waals surface area contributed by atoms with Crippen LogP contribution in [0.25, 0.3) is 0 Å². The Hall–Kier alpha value is -1.30. The maximum Gasteiger partial charge on any atom is 0.124 e. The summed E-state index contributed by atoms with van der Waals surface area (Å²) >= 11 is 0. The number of benzene rings is 1. The van der Waals surface area contributed by atoms with Gasteiger partial charge in [-0.15, -0.1) is 0 Å². The van der Waals surface area contributed by atoms with Crippen molar-refractivity contribution in [3.8, 4) is 11.5 Å². The molecule has 1 aromatic carbocycles. The smallest absolute Gasteiger partial charge is 0.124 e. The fourth-order valence-corrected chi connectivity index (χ4v) is 3.25. The van der Waals surface area contributed by atoms with Crippen LogP contribution < -0.4 is 15.2 Å². The first-order chi connectivity index (χ1) is 9.80. The molecule has 0 spiro atoms. The monoisotopic (exact) mass is 278 g/mol. The molecular weight excluding hydrogens is 256 g/mol. The van der Waals surface area contributed by atoms with E-state index >= 15 is 0 Å². The largest absolute Gasteiger partial charge is 0.497 e. The average molecular weight is 278 g/mol. The van der Waals surface area contributed by atoms with Crippen molar-refractivity contribution in [3.05, 3.63) is 23.8 Å². The lowest BCUT2D eigenvalue weighted by molar-refractivity contribution is -0.0365. The molecule has 0 saturated carbocycles. The van der Waals surface area contributed by atoms with E-state index in [1.165, 1.54) is 0 Å². The number of methoxy groups -OCH3 is 1. The van der Waals surface area contributed by atoms with Crippen molar-refractivity contribution in [1.82, 2.24) is 4.90 Å². The highest BCUT2D eigenvalue weighted by Crippen LogP contribution is 2.42. The molecule has 0 aliphatic carbocycles. The van der Waals surface area contributed by atoms with E-state index in [4.69, 9.17) is 19.9 Å². The fraction of sp³-hybridized carbons (Fsp3) is 0.600. The highest BCUT2D eigenvalue weighted by atomic mass is 16.5. The molecule has 3 rings (SSSR count). The van der Waals surface area contributed by atoms with E-state index < -0.39 is 0 Å². The molecule has 1 saturated heterocycles. The number of hydrogen-bond donors (Lipinski definition) is 1. The van der Waals surface area contributed by atoms with Gasteiger partial charge in [0.2, 0.25) is 0 Å². The maximum atomic E-state index is 6.20. The molecule has 20 heavy (non-hydrogen) atoms. The first kappa shape index (κ1) is 13.7. The number of ether oxygens (including phenoxy) is 3. The van der Waals surface area contributed by atoms with Gasteiger partial charge in [-0.1, -0.05) is 0 Å². The SMILES string of the molecule is COc1ccc2c(c1)C(CN)(N1CCOCC1)CCO2. The van der Waals surface area contributed by atoms with Crippen LogP contribution in [0.5, 0.6) is 11.5 Å². The number of fused-ring (bicyclic) bond motifs is 1. The van der Waals surface area contributed by atoms with Crippen LogP contribution in [0.15, 0.2) is 18.2 Å². The molecule has 110 valence electrons. The van der Waals surface area contributed by atoms with Gasteiger partial charge in [0.1, 0.15) is 11.5 Å². The van der Waals surface area contributed by atoms with E-state index in [0.717, 1.165) is 49.8 Å². The van der Waals surface area contributed by atoms with Crippen LogP contribution in [-0.4, -0.2) is 51.5 Å². The van der Waals surface area contributed by atoms with Crippen LogP contribution in [0.2, 0.25) is 0 Å². The lowest BCUT2D eigenvalue weighted by Gasteiger charge is -2.48. The van der Waals surface area contributed by atoms with Gasteiger partial charge in [0.05, 0.1) is 32.5 Å². The topological polar surface area (TPSA) is 57.0 Å². The van der Waals surface area contributed by atoms with E-state index in [2.05, 4.69) is 11.0 Å². The zero-order valence-electron chi connectivity index (χ0n) is 11.9. The van der Waals surface area contributed by atoms with E-state index in [1.54, 1.807) is 7.11 Å². The summed E-state index contributed by atoms with van der Waals surface area (Å²) < 4.78 is 16.6. The Kier molecular flexibility index (Phi) is 3.83. The van der Waals surface area contributed by atoms with Gasteiger partial charge in [-0.2, -0.15) is 0 Å². The van der Waals surface area contributed by atoms with Gasteiger partial charge < -0.3 is 19.9 Å². The minimum atomic E-state index is -0.161. The summed E-state index contributed by atoms with van der Waals surface area (Å²) in [6.45, 7) is 4.63. The average Bonchev–Trinajstić information content (AvgIpc) is 2.54. The summed E-state index contributed by atoms with van der Waals surface area (Å²) in [7, 11) is 1.68. The second-order valence-electron chi connectivity index (χ2n) is 5.30. The third-order valence-electron chi connectivity index (χ3n) is 4.42. The molecule has 2 N–H and O–H groups in total. The second kappa shape index (κ2) is 5.60. The fourth-order valence-electron chi connectivity index (χ4n) is 3.25. The van der Waals surface area contributed by atoms with Crippen LogP contribution in [0.3, 0.4) is 0 Å². The van der Waals surface area contributed by atoms with Crippen molar-refractivity contribution >= 4 is 0 Å². The molecule has 2 aliphatic rings. The van der Waals surface area contributed by atoms with E-state index in [-0.39, 0.29) is 5.54 Å². The number of hydrogen-bond acceptors (Lipinski definition) is 5. The Bertz CT molecular complexity index is 474. The molecule has 0 radical (unpaired) electrons. The second-order valence-corrected chi connectivity index (χ2v) is 5.30. The molecule has 0 aromatic heterocycles. The van der Waals surface area contributed by atoms with Gasteiger partial charge in [0, 0.05) is 31.6 Å². The summed E-state index contributed by atoms with van der Waals surface area (Å²) in [6.07, 6.45) is 0.906. The summed E-state index contributed by atoms with van der Waals surface area (Å²) in [5.74, 6) is 1.77. The van der Waals surface area contributed by atoms with Crippen molar-refractivity contribution in [3.63, 3.8) is 0 Å². The molecule has 2 heterocycles. The third-order valence-corrected chi connectivity index (χ3v) is 4.42. The molecule has 5 nitrogen and oxygen atoms in total. The first-order valence-corrected chi connectivity index (χ1v) is 7.14. The molecule has 1 unspecified atom stereocenters. The Labute approximate surface area is 119 Å². The van der Waals surface area contributed by atoms with Gasteiger partial charge in [0.25, 0.3) is 0 Å². The van der Waals surface area contributed by atoms with Crippen LogP contribution in [0.1, 0.15) is 12.0 Å². The molecule has 1 aromatic rings. The van der Waals surface area contributed by atoms with Crippen molar-refractivity contribution in [2.45, 2.75) is 12.0 Å². The number of morpholine rings is 1. The molecule has 0 bridgehead atoms.